The summed E-state index contributed by atoms with van der Waals surface area (Å²) in [7, 11) is 0. The van der Waals surface area contributed by atoms with Gasteiger partial charge in [-0.2, -0.15) is 5.26 Å². The highest BCUT2D eigenvalue weighted by Crippen LogP contribution is 2.34. The fourth-order valence-corrected chi connectivity index (χ4v) is 3.19. The van der Waals surface area contributed by atoms with Crippen LogP contribution in [0.2, 0.25) is 0 Å². The Kier molecular flexibility index (Phi) is 5.46. The molecule has 2 aromatic carbocycles. The average molecular weight is 361 g/mol. The summed E-state index contributed by atoms with van der Waals surface area (Å²) in [5.41, 5.74) is 7.49. The van der Waals surface area contributed by atoms with Gasteiger partial charge in [0.05, 0.1) is 6.20 Å². The van der Waals surface area contributed by atoms with Crippen LogP contribution in [0.1, 0.15) is 16.4 Å². The zero-order valence-electron chi connectivity index (χ0n) is 13.7. The van der Waals surface area contributed by atoms with Gasteiger partial charge in [0, 0.05) is 5.69 Å². The summed E-state index contributed by atoms with van der Waals surface area (Å²) in [6.45, 7) is 0. The van der Waals surface area contributed by atoms with Gasteiger partial charge in [-0.05, 0) is 17.7 Å². The zero-order chi connectivity index (χ0) is 18.4. The number of rotatable bonds is 5. The third-order valence-corrected chi connectivity index (χ3v) is 4.65. The van der Waals surface area contributed by atoms with E-state index in [0.717, 1.165) is 5.56 Å². The second-order valence-electron chi connectivity index (χ2n) is 5.33. The van der Waals surface area contributed by atoms with E-state index >= 15 is 0 Å². The molecule has 128 valence electrons. The summed E-state index contributed by atoms with van der Waals surface area (Å²) in [5, 5.41) is 11.6. The van der Waals surface area contributed by atoms with Crippen molar-refractivity contribution in [2.24, 2.45) is 0 Å². The molecule has 1 atom stereocenters. The fourth-order valence-electron chi connectivity index (χ4n) is 2.26. The van der Waals surface area contributed by atoms with Crippen LogP contribution in [0.5, 0.6) is 0 Å². The van der Waals surface area contributed by atoms with E-state index in [0.29, 0.717) is 10.8 Å². The number of nitrogens with two attached hydrogens (primary N) is 1. The molecule has 0 saturated carbocycles. The number of carbonyl (C=O) groups excluding carboxylic acids is 1. The number of anilines is 2. The Morgan fingerprint density at radius 1 is 1.12 bits per heavy atom. The van der Waals surface area contributed by atoms with Gasteiger partial charge in [-0.3, -0.25) is 4.79 Å². The molecule has 1 amide bonds. The van der Waals surface area contributed by atoms with Crippen LogP contribution in [-0.4, -0.2) is 15.9 Å². The van der Waals surface area contributed by atoms with Gasteiger partial charge in [0.15, 0.2) is 5.16 Å². The van der Waals surface area contributed by atoms with Crippen LogP contribution in [-0.2, 0) is 4.79 Å². The number of benzene rings is 2. The summed E-state index contributed by atoms with van der Waals surface area (Å²) < 4.78 is 0. The first-order chi connectivity index (χ1) is 12.7. The predicted molar refractivity (Wildman–Crippen MR) is 101 cm³/mol. The lowest BCUT2D eigenvalue weighted by Crippen LogP contribution is -2.19. The van der Waals surface area contributed by atoms with E-state index in [1.54, 1.807) is 0 Å². The number of amides is 1. The van der Waals surface area contributed by atoms with Crippen LogP contribution >= 0.6 is 11.8 Å². The van der Waals surface area contributed by atoms with Crippen molar-refractivity contribution >= 4 is 29.2 Å². The Morgan fingerprint density at radius 3 is 2.38 bits per heavy atom. The summed E-state index contributed by atoms with van der Waals surface area (Å²) in [4.78, 5) is 21.1. The molecule has 0 radical (unpaired) electrons. The Bertz CT molecular complexity index is 941. The van der Waals surface area contributed by atoms with Gasteiger partial charge in [-0.15, -0.1) is 0 Å². The number of carbonyl (C=O) groups is 1. The standard InChI is InChI=1S/C19H15N5OS/c20-11-14-12-22-19(24-17(14)21)26-16(13-7-3-1-4-8-13)18(25)23-15-9-5-2-6-10-15/h1-10,12,16H,(H,23,25)(H2,21,22,24). The number of hydrogen-bond donors (Lipinski definition) is 2. The van der Waals surface area contributed by atoms with E-state index in [-0.39, 0.29) is 17.3 Å². The van der Waals surface area contributed by atoms with Gasteiger partial charge in [0.1, 0.15) is 22.7 Å². The molecule has 1 heterocycles. The molecule has 1 unspecified atom stereocenters. The topological polar surface area (TPSA) is 105 Å². The number of para-hydroxylation sites is 1. The molecule has 6 nitrogen and oxygen atoms in total. The fraction of sp³-hybridized carbons (Fsp3) is 0.0526. The van der Waals surface area contributed by atoms with E-state index < -0.39 is 5.25 Å². The van der Waals surface area contributed by atoms with Crippen LogP contribution in [0.15, 0.2) is 72.0 Å². The Hall–Kier alpha value is -3.37. The minimum atomic E-state index is -0.566. The molecule has 3 N–H and O–H groups in total. The Labute approximate surface area is 155 Å². The molecule has 26 heavy (non-hydrogen) atoms. The zero-order valence-corrected chi connectivity index (χ0v) is 14.5. The monoisotopic (exact) mass is 361 g/mol. The van der Waals surface area contributed by atoms with E-state index in [2.05, 4.69) is 15.3 Å². The first-order valence-electron chi connectivity index (χ1n) is 7.77. The number of hydrogen-bond acceptors (Lipinski definition) is 6. The van der Waals surface area contributed by atoms with Crippen molar-refractivity contribution in [3.8, 4) is 6.07 Å². The lowest BCUT2D eigenvalue weighted by molar-refractivity contribution is -0.115. The normalized spacial score (nSPS) is 11.3. The molecule has 0 aliphatic carbocycles. The maximum atomic E-state index is 12.9. The Balaban J connectivity index is 1.88. The molecule has 1 aromatic heterocycles. The van der Waals surface area contributed by atoms with Crippen LogP contribution in [0, 0.1) is 11.3 Å². The second-order valence-corrected chi connectivity index (χ2v) is 6.40. The first-order valence-corrected chi connectivity index (χ1v) is 8.65. The second kappa shape index (κ2) is 8.14. The first kappa shape index (κ1) is 17.5. The average Bonchev–Trinajstić information content (AvgIpc) is 2.67. The van der Waals surface area contributed by atoms with Gasteiger partial charge in [0.25, 0.3) is 0 Å². The minimum Gasteiger partial charge on any atom is -0.382 e. The van der Waals surface area contributed by atoms with E-state index in [4.69, 9.17) is 11.0 Å². The smallest absolute Gasteiger partial charge is 0.242 e. The van der Waals surface area contributed by atoms with Gasteiger partial charge in [-0.1, -0.05) is 60.3 Å². The summed E-state index contributed by atoms with van der Waals surface area (Å²) in [5.74, 6) is -0.0980. The van der Waals surface area contributed by atoms with E-state index in [1.807, 2.05) is 66.7 Å². The van der Waals surface area contributed by atoms with Crippen molar-refractivity contribution in [1.82, 2.24) is 9.97 Å². The lowest BCUT2D eigenvalue weighted by atomic mass is 10.1. The number of thioether (sulfide) groups is 1. The molecule has 0 bridgehead atoms. The van der Waals surface area contributed by atoms with Gasteiger partial charge < -0.3 is 11.1 Å². The largest absolute Gasteiger partial charge is 0.382 e. The van der Waals surface area contributed by atoms with Gasteiger partial charge in [0.2, 0.25) is 5.91 Å². The molecule has 3 aromatic rings. The molecular weight excluding hydrogens is 346 g/mol. The van der Waals surface area contributed by atoms with E-state index in [1.165, 1.54) is 18.0 Å². The molecule has 7 heteroatoms. The summed E-state index contributed by atoms with van der Waals surface area (Å²) in [6, 6.07) is 20.5. The third kappa shape index (κ3) is 4.18. The third-order valence-electron chi connectivity index (χ3n) is 3.52. The summed E-state index contributed by atoms with van der Waals surface area (Å²) >= 11 is 1.18. The predicted octanol–water partition coefficient (Wildman–Crippen LogP) is 3.40. The van der Waals surface area contributed by atoms with Crippen molar-refractivity contribution < 1.29 is 4.79 Å². The maximum Gasteiger partial charge on any atom is 0.242 e. The molecule has 0 saturated heterocycles. The van der Waals surface area contributed by atoms with Gasteiger partial charge in [-0.25, -0.2) is 9.97 Å². The molecule has 0 spiro atoms. The van der Waals surface area contributed by atoms with Crippen molar-refractivity contribution in [2.75, 3.05) is 11.1 Å². The highest BCUT2D eigenvalue weighted by Gasteiger charge is 2.23. The molecule has 0 fully saturated rings. The number of nitriles is 1. The highest BCUT2D eigenvalue weighted by atomic mass is 32.2. The maximum absolute atomic E-state index is 12.9. The van der Waals surface area contributed by atoms with Gasteiger partial charge >= 0.3 is 0 Å². The minimum absolute atomic E-state index is 0.0975. The van der Waals surface area contributed by atoms with Crippen LogP contribution in [0.25, 0.3) is 0 Å². The van der Waals surface area contributed by atoms with Crippen molar-refractivity contribution in [3.63, 3.8) is 0 Å². The van der Waals surface area contributed by atoms with Crippen molar-refractivity contribution in [1.29, 1.82) is 5.26 Å². The Morgan fingerprint density at radius 2 is 1.77 bits per heavy atom. The number of nitrogens with one attached hydrogen (secondary N) is 1. The SMILES string of the molecule is N#Cc1cnc(SC(C(=O)Nc2ccccc2)c2ccccc2)nc1N. The van der Waals surface area contributed by atoms with Crippen LogP contribution < -0.4 is 11.1 Å². The number of aromatic nitrogens is 2. The van der Waals surface area contributed by atoms with Crippen LogP contribution in [0.3, 0.4) is 0 Å². The summed E-state index contributed by atoms with van der Waals surface area (Å²) in [6.07, 6.45) is 1.36. The molecular formula is C19H15N5OS. The lowest BCUT2D eigenvalue weighted by Gasteiger charge is -2.16. The van der Waals surface area contributed by atoms with Crippen molar-refractivity contribution in [2.45, 2.75) is 10.4 Å². The van der Waals surface area contributed by atoms with E-state index in [9.17, 15) is 4.79 Å². The highest BCUT2D eigenvalue weighted by molar-refractivity contribution is 8.00. The van der Waals surface area contributed by atoms with Crippen molar-refractivity contribution in [3.05, 3.63) is 78.0 Å². The quantitative estimate of drug-likeness (QED) is 0.533. The van der Waals surface area contributed by atoms with Crippen LogP contribution in [0.4, 0.5) is 11.5 Å². The molecule has 0 aliphatic heterocycles. The molecule has 0 aliphatic rings. The molecule has 3 rings (SSSR count). The number of nitrogens with zero attached hydrogens (tertiary/aromatic N) is 3. The number of nitrogen functional groups attached to an aromatic ring is 1.